The molecule has 0 aliphatic carbocycles. The first-order valence-corrected chi connectivity index (χ1v) is 4.50. The predicted octanol–water partition coefficient (Wildman–Crippen LogP) is 2.34. The highest BCUT2D eigenvalue weighted by Gasteiger charge is 2.08. The summed E-state index contributed by atoms with van der Waals surface area (Å²) in [4.78, 5) is 13.2. The molecule has 1 aromatic rings. The summed E-state index contributed by atoms with van der Waals surface area (Å²) >= 11 is 0. The SMILES string of the molecule is C=Cc1cc(C)cc(C(=O)N(C)C)c1. The average molecular weight is 189 g/mol. The zero-order valence-corrected chi connectivity index (χ0v) is 8.87. The van der Waals surface area contributed by atoms with Gasteiger partial charge in [-0.05, 0) is 30.2 Å². The Morgan fingerprint density at radius 2 is 2.00 bits per heavy atom. The van der Waals surface area contributed by atoms with Gasteiger partial charge in [-0.2, -0.15) is 0 Å². The largest absolute Gasteiger partial charge is 0.345 e. The molecule has 14 heavy (non-hydrogen) atoms. The minimum atomic E-state index is 0.0248. The van der Waals surface area contributed by atoms with Crippen LogP contribution in [0.15, 0.2) is 24.8 Å². The maximum atomic E-state index is 11.7. The van der Waals surface area contributed by atoms with E-state index >= 15 is 0 Å². The monoisotopic (exact) mass is 189 g/mol. The standard InChI is InChI=1S/C12H15NO/c1-5-10-6-9(2)7-11(8-10)12(14)13(3)4/h5-8H,1H2,2-4H3. The summed E-state index contributed by atoms with van der Waals surface area (Å²) < 4.78 is 0. The van der Waals surface area contributed by atoms with Gasteiger partial charge < -0.3 is 4.90 Å². The summed E-state index contributed by atoms with van der Waals surface area (Å²) in [7, 11) is 3.50. The molecule has 0 bridgehead atoms. The number of benzene rings is 1. The van der Waals surface area contributed by atoms with Crippen molar-refractivity contribution in [3.63, 3.8) is 0 Å². The number of rotatable bonds is 2. The van der Waals surface area contributed by atoms with Crippen LogP contribution in [0.5, 0.6) is 0 Å². The molecule has 0 aliphatic heterocycles. The van der Waals surface area contributed by atoms with Crippen molar-refractivity contribution in [1.29, 1.82) is 0 Å². The minimum absolute atomic E-state index is 0.0248. The predicted molar refractivity (Wildman–Crippen MR) is 59.3 cm³/mol. The lowest BCUT2D eigenvalue weighted by Crippen LogP contribution is -2.21. The van der Waals surface area contributed by atoms with Gasteiger partial charge in [0.05, 0.1) is 0 Å². The summed E-state index contributed by atoms with van der Waals surface area (Å²) in [5.74, 6) is 0.0248. The van der Waals surface area contributed by atoms with Gasteiger partial charge in [-0.25, -0.2) is 0 Å². The Labute approximate surface area is 84.9 Å². The van der Waals surface area contributed by atoms with Crippen LogP contribution in [0.1, 0.15) is 21.5 Å². The number of hydrogen-bond donors (Lipinski definition) is 0. The normalized spacial score (nSPS) is 9.64. The number of carbonyl (C=O) groups is 1. The van der Waals surface area contributed by atoms with Crippen molar-refractivity contribution in [3.05, 3.63) is 41.5 Å². The lowest BCUT2D eigenvalue weighted by molar-refractivity contribution is 0.0827. The molecule has 0 N–H and O–H groups in total. The summed E-state index contributed by atoms with van der Waals surface area (Å²) in [6.07, 6.45) is 1.75. The highest BCUT2D eigenvalue weighted by Crippen LogP contribution is 2.12. The van der Waals surface area contributed by atoms with Crippen molar-refractivity contribution < 1.29 is 4.79 Å². The van der Waals surface area contributed by atoms with E-state index in [1.54, 1.807) is 25.1 Å². The molecule has 0 heterocycles. The maximum absolute atomic E-state index is 11.7. The van der Waals surface area contributed by atoms with E-state index in [9.17, 15) is 4.79 Å². The van der Waals surface area contributed by atoms with Crippen LogP contribution in [-0.2, 0) is 0 Å². The number of nitrogens with zero attached hydrogens (tertiary/aromatic N) is 1. The Bertz CT molecular complexity index is 367. The second-order valence-corrected chi connectivity index (χ2v) is 3.54. The van der Waals surface area contributed by atoms with Gasteiger partial charge in [-0.3, -0.25) is 4.79 Å². The van der Waals surface area contributed by atoms with Crippen molar-refractivity contribution in [1.82, 2.24) is 4.90 Å². The Morgan fingerprint density at radius 3 is 2.50 bits per heavy atom. The molecular formula is C12H15NO. The van der Waals surface area contributed by atoms with Crippen LogP contribution in [0.3, 0.4) is 0 Å². The first-order valence-electron chi connectivity index (χ1n) is 4.50. The molecule has 1 aromatic carbocycles. The van der Waals surface area contributed by atoms with Gasteiger partial charge in [0.15, 0.2) is 0 Å². The van der Waals surface area contributed by atoms with Gasteiger partial charge in [0, 0.05) is 19.7 Å². The molecule has 0 saturated carbocycles. The molecule has 0 radical (unpaired) electrons. The van der Waals surface area contributed by atoms with Gasteiger partial charge in [-0.1, -0.05) is 18.7 Å². The number of aryl methyl sites for hydroxylation is 1. The molecule has 2 nitrogen and oxygen atoms in total. The van der Waals surface area contributed by atoms with E-state index in [1.165, 1.54) is 0 Å². The van der Waals surface area contributed by atoms with Crippen molar-refractivity contribution >= 4 is 12.0 Å². The molecule has 0 unspecified atom stereocenters. The number of amides is 1. The number of carbonyl (C=O) groups excluding carboxylic acids is 1. The molecule has 0 saturated heterocycles. The van der Waals surface area contributed by atoms with Crippen LogP contribution >= 0.6 is 0 Å². The highest BCUT2D eigenvalue weighted by molar-refractivity contribution is 5.94. The van der Waals surface area contributed by atoms with Crippen LogP contribution in [0.4, 0.5) is 0 Å². The maximum Gasteiger partial charge on any atom is 0.253 e. The summed E-state index contributed by atoms with van der Waals surface area (Å²) in [5.41, 5.74) is 2.77. The first kappa shape index (κ1) is 10.5. The Kier molecular flexibility index (Phi) is 3.07. The smallest absolute Gasteiger partial charge is 0.253 e. The van der Waals surface area contributed by atoms with Gasteiger partial charge in [-0.15, -0.1) is 0 Å². The van der Waals surface area contributed by atoms with Crippen LogP contribution < -0.4 is 0 Å². The van der Waals surface area contributed by atoms with Crippen molar-refractivity contribution in [2.45, 2.75) is 6.92 Å². The van der Waals surface area contributed by atoms with E-state index in [1.807, 2.05) is 25.1 Å². The molecule has 0 aliphatic rings. The fourth-order valence-electron chi connectivity index (χ4n) is 1.31. The fraction of sp³-hybridized carbons (Fsp3) is 0.250. The van der Waals surface area contributed by atoms with Crippen molar-refractivity contribution in [2.24, 2.45) is 0 Å². The topological polar surface area (TPSA) is 20.3 Å². The third-order valence-corrected chi connectivity index (χ3v) is 1.99. The zero-order valence-electron chi connectivity index (χ0n) is 8.87. The van der Waals surface area contributed by atoms with E-state index in [0.717, 1.165) is 11.1 Å². The van der Waals surface area contributed by atoms with Gasteiger partial charge >= 0.3 is 0 Å². The molecule has 2 heteroatoms. The molecule has 1 amide bonds. The van der Waals surface area contributed by atoms with Gasteiger partial charge in [0.2, 0.25) is 0 Å². The molecule has 0 atom stereocenters. The molecular weight excluding hydrogens is 174 g/mol. The van der Waals surface area contributed by atoms with Crippen LogP contribution in [0.25, 0.3) is 6.08 Å². The second-order valence-electron chi connectivity index (χ2n) is 3.54. The minimum Gasteiger partial charge on any atom is -0.345 e. The Hall–Kier alpha value is -1.57. The lowest BCUT2D eigenvalue weighted by Gasteiger charge is -2.11. The van der Waals surface area contributed by atoms with E-state index < -0.39 is 0 Å². The van der Waals surface area contributed by atoms with Crippen LogP contribution in [0.2, 0.25) is 0 Å². The third-order valence-electron chi connectivity index (χ3n) is 1.99. The van der Waals surface area contributed by atoms with Gasteiger partial charge in [0.25, 0.3) is 5.91 Å². The summed E-state index contributed by atoms with van der Waals surface area (Å²) in [6, 6.07) is 5.73. The lowest BCUT2D eigenvalue weighted by atomic mass is 10.1. The first-order chi connectivity index (χ1) is 6.54. The highest BCUT2D eigenvalue weighted by atomic mass is 16.2. The fourth-order valence-corrected chi connectivity index (χ4v) is 1.31. The quantitative estimate of drug-likeness (QED) is 0.699. The molecule has 0 spiro atoms. The number of hydrogen-bond acceptors (Lipinski definition) is 1. The Balaban J connectivity index is 3.15. The van der Waals surface area contributed by atoms with E-state index in [0.29, 0.717) is 5.56 Å². The average Bonchev–Trinajstić information content (AvgIpc) is 2.15. The zero-order chi connectivity index (χ0) is 10.7. The summed E-state index contributed by atoms with van der Waals surface area (Å²) in [6.45, 7) is 5.66. The molecule has 0 fully saturated rings. The van der Waals surface area contributed by atoms with Crippen LogP contribution in [0, 0.1) is 6.92 Å². The van der Waals surface area contributed by atoms with Gasteiger partial charge in [0.1, 0.15) is 0 Å². The molecule has 0 aromatic heterocycles. The summed E-state index contributed by atoms with van der Waals surface area (Å²) in [5, 5.41) is 0. The van der Waals surface area contributed by atoms with Crippen LogP contribution in [-0.4, -0.2) is 24.9 Å². The molecule has 74 valence electrons. The van der Waals surface area contributed by atoms with Crippen molar-refractivity contribution in [3.8, 4) is 0 Å². The van der Waals surface area contributed by atoms with E-state index in [4.69, 9.17) is 0 Å². The van der Waals surface area contributed by atoms with E-state index in [2.05, 4.69) is 6.58 Å². The Morgan fingerprint density at radius 1 is 1.36 bits per heavy atom. The third kappa shape index (κ3) is 2.22. The van der Waals surface area contributed by atoms with E-state index in [-0.39, 0.29) is 5.91 Å². The molecule has 1 rings (SSSR count). The second kappa shape index (κ2) is 4.09. The van der Waals surface area contributed by atoms with Crippen molar-refractivity contribution in [2.75, 3.05) is 14.1 Å².